The van der Waals surface area contributed by atoms with Crippen molar-refractivity contribution < 1.29 is 19.5 Å². The summed E-state index contributed by atoms with van der Waals surface area (Å²) in [5.74, 6) is -1.52. The molecule has 0 saturated carbocycles. The first-order valence-electron chi connectivity index (χ1n) is 8.54. The number of hydrogen-bond acceptors (Lipinski definition) is 4. The molecule has 136 valence electrons. The Hall–Kier alpha value is -2.41. The maximum atomic E-state index is 12.8. The Balaban J connectivity index is 2.23. The zero-order valence-electron chi connectivity index (χ0n) is 14.5. The first-order valence-corrected chi connectivity index (χ1v) is 8.54. The van der Waals surface area contributed by atoms with Gasteiger partial charge >= 0.3 is 5.97 Å². The van der Waals surface area contributed by atoms with E-state index in [9.17, 15) is 14.4 Å². The lowest BCUT2D eigenvalue weighted by Crippen LogP contribution is -2.38. The number of carbonyl (C=O) groups is 3. The molecule has 0 aliphatic carbocycles. The lowest BCUT2D eigenvalue weighted by atomic mass is 10.0. The van der Waals surface area contributed by atoms with E-state index >= 15 is 0 Å². The van der Waals surface area contributed by atoms with Gasteiger partial charge in [-0.15, -0.1) is 0 Å². The number of carboxylic acids is 1. The number of likely N-dealkylation sites (N-methyl/N-ethyl adjacent to an activating group) is 1. The Morgan fingerprint density at radius 1 is 1.24 bits per heavy atom. The molecule has 7 heteroatoms. The van der Waals surface area contributed by atoms with E-state index in [1.165, 1.54) is 9.80 Å². The molecular formula is C18H25N3O4. The van der Waals surface area contributed by atoms with Gasteiger partial charge in [0.2, 0.25) is 5.91 Å². The third-order valence-electron chi connectivity index (χ3n) is 4.41. The van der Waals surface area contributed by atoms with Gasteiger partial charge in [-0.3, -0.25) is 14.4 Å². The number of rotatable bonds is 8. The van der Waals surface area contributed by atoms with Crippen molar-refractivity contribution in [3.05, 3.63) is 29.3 Å². The molecule has 0 unspecified atom stereocenters. The highest BCUT2D eigenvalue weighted by atomic mass is 16.4. The summed E-state index contributed by atoms with van der Waals surface area (Å²) in [4.78, 5) is 38.7. The first-order chi connectivity index (χ1) is 11.9. The van der Waals surface area contributed by atoms with Crippen LogP contribution in [0.3, 0.4) is 0 Å². The van der Waals surface area contributed by atoms with E-state index < -0.39 is 5.97 Å². The Kier molecular flexibility index (Phi) is 6.52. The molecule has 2 amide bonds. The Bertz CT molecular complexity index is 660. The highest BCUT2D eigenvalue weighted by Gasteiger charge is 2.30. The fourth-order valence-electron chi connectivity index (χ4n) is 2.91. The number of carboxylic acid groups (broad SMARTS) is 1. The number of nitrogens with two attached hydrogens (primary N) is 1. The summed E-state index contributed by atoms with van der Waals surface area (Å²) in [6.45, 7) is 0.588. The molecular weight excluding hydrogens is 322 g/mol. The van der Waals surface area contributed by atoms with Gasteiger partial charge in [-0.25, -0.2) is 0 Å². The van der Waals surface area contributed by atoms with Gasteiger partial charge < -0.3 is 20.6 Å². The van der Waals surface area contributed by atoms with Crippen LogP contribution in [0.4, 0.5) is 5.69 Å². The second-order valence-corrected chi connectivity index (χ2v) is 6.27. The summed E-state index contributed by atoms with van der Waals surface area (Å²) in [5.41, 5.74) is 7.55. The van der Waals surface area contributed by atoms with Crippen LogP contribution < -0.4 is 10.6 Å². The second kappa shape index (κ2) is 8.62. The Morgan fingerprint density at radius 2 is 2.00 bits per heavy atom. The molecule has 0 atom stereocenters. The van der Waals surface area contributed by atoms with Crippen LogP contribution in [0.2, 0.25) is 0 Å². The number of carbonyl (C=O) groups excluding carboxylic acids is 2. The zero-order chi connectivity index (χ0) is 18.4. The molecule has 0 saturated heterocycles. The predicted octanol–water partition coefficient (Wildman–Crippen LogP) is 1.25. The molecule has 25 heavy (non-hydrogen) atoms. The summed E-state index contributed by atoms with van der Waals surface area (Å²) in [5, 5.41) is 8.86. The molecule has 0 radical (unpaired) electrons. The minimum Gasteiger partial charge on any atom is -0.481 e. The number of anilines is 1. The number of aliphatic carboxylic acids is 1. The highest BCUT2D eigenvalue weighted by Crippen LogP contribution is 2.26. The molecule has 1 aliphatic rings. The summed E-state index contributed by atoms with van der Waals surface area (Å²) in [6, 6.07) is 5.55. The van der Waals surface area contributed by atoms with Crippen LogP contribution in [0.5, 0.6) is 0 Å². The summed E-state index contributed by atoms with van der Waals surface area (Å²) in [6.07, 6.45) is 3.65. The molecule has 2 rings (SSSR count). The fraction of sp³-hybridized carbons (Fsp3) is 0.500. The average molecular weight is 347 g/mol. The summed E-state index contributed by atoms with van der Waals surface area (Å²) < 4.78 is 0. The summed E-state index contributed by atoms with van der Waals surface area (Å²) >= 11 is 0. The van der Waals surface area contributed by atoms with Crippen molar-refractivity contribution >= 4 is 23.5 Å². The van der Waals surface area contributed by atoms with Crippen LogP contribution in [0.15, 0.2) is 18.2 Å². The minimum atomic E-state index is -0.994. The number of nitrogens with zero attached hydrogens (tertiary/aromatic N) is 2. The average Bonchev–Trinajstić information content (AvgIpc) is 2.68. The largest absolute Gasteiger partial charge is 0.481 e. The second-order valence-electron chi connectivity index (χ2n) is 6.27. The van der Waals surface area contributed by atoms with Crippen molar-refractivity contribution in [3.8, 4) is 0 Å². The number of benzene rings is 1. The van der Waals surface area contributed by atoms with Gasteiger partial charge in [0.25, 0.3) is 5.91 Å². The van der Waals surface area contributed by atoms with Crippen LogP contribution in [0, 0.1) is 0 Å². The van der Waals surface area contributed by atoms with Gasteiger partial charge in [0.05, 0.1) is 17.7 Å². The SMILES string of the molecule is CN1C(=O)CN(CCC(=O)O)C(=O)c2cc(CCCCCN)ccc21. The maximum Gasteiger partial charge on any atom is 0.305 e. The molecule has 3 N–H and O–H groups in total. The van der Waals surface area contributed by atoms with Gasteiger partial charge in [0.15, 0.2) is 0 Å². The van der Waals surface area contributed by atoms with Gasteiger partial charge in [0, 0.05) is 13.6 Å². The molecule has 7 nitrogen and oxygen atoms in total. The number of amides is 2. The van der Waals surface area contributed by atoms with Crippen molar-refractivity contribution in [3.63, 3.8) is 0 Å². The minimum absolute atomic E-state index is 0.0217. The van der Waals surface area contributed by atoms with Crippen molar-refractivity contribution in [1.29, 1.82) is 0 Å². The van der Waals surface area contributed by atoms with Gasteiger partial charge in [-0.1, -0.05) is 12.5 Å². The monoisotopic (exact) mass is 347 g/mol. The van der Waals surface area contributed by atoms with E-state index in [0.717, 1.165) is 31.2 Å². The molecule has 1 aromatic carbocycles. The van der Waals surface area contributed by atoms with Crippen molar-refractivity contribution in [2.24, 2.45) is 5.73 Å². The molecule has 0 aromatic heterocycles. The van der Waals surface area contributed by atoms with Crippen molar-refractivity contribution in [1.82, 2.24) is 4.90 Å². The molecule has 0 spiro atoms. The number of aryl methyl sites for hydroxylation is 1. The van der Waals surface area contributed by atoms with E-state index in [1.807, 2.05) is 12.1 Å². The smallest absolute Gasteiger partial charge is 0.305 e. The van der Waals surface area contributed by atoms with E-state index in [-0.39, 0.29) is 31.3 Å². The lowest BCUT2D eigenvalue weighted by Gasteiger charge is -2.19. The fourth-order valence-corrected chi connectivity index (χ4v) is 2.91. The van der Waals surface area contributed by atoms with Gasteiger partial charge in [-0.05, 0) is 43.5 Å². The van der Waals surface area contributed by atoms with E-state index in [0.29, 0.717) is 17.8 Å². The van der Waals surface area contributed by atoms with Gasteiger partial charge in [0.1, 0.15) is 6.54 Å². The van der Waals surface area contributed by atoms with Crippen LogP contribution in [-0.2, 0) is 16.0 Å². The Morgan fingerprint density at radius 3 is 2.68 bits per heavy atom. The molecule has 0 fully saturated rings. The van der Waals surface area contributed by atoms with Gasteiger partial charge in [-0.2, -0.15) is 0 Å². The normalized spacial score (nSPS) is 14.5. The summed E-state index contributed by atoms with van der Waals surface area (Å²) in [7, 11) is 1.63. The zero-order valence-corrected chi connectivity index (χ0v) is 14.5. The number of unbranched alkanes of at least 4 members (excludes halogenated alkanes) is 2. The van der Waals surface area contributed by atoms with E-state index in [1.54, 1.807) is 13.1 Å². The van der Waals surface area contributed by atoms with Crippen molar-refractivity contribution in [2.45, 2.75) is 32.1 Å². The standard InChI is InChI=1S/C18H25N3O4/c1-20-15-7-6-13(5-3-2-4-9-19)11-14(15)18(25)21(12-16(20)22)10-8-17(23)24/h6-7,11H,2-5,8-10,12,19H2,1H3,(H,23,24). The predicted molar refractivity (Wildman–Crippen MR) is 94.6 cm³/mol. The molecule has 1 aliphatic heterocycles. The van der Waals surface area contributed by atoms with Crippen LogP contribution in [0.25, 0.3) is 0 Å². The quantitative estimate of drug-likeness (QED) is 0.689. The topological polar surface area (TPSA) is 104 Å². The van der Waals surface area contributed by atoms with Crippen LogP contribution in [0.1, 0.15) is 41.6 Å². The number of hydrogen-bond donors (Lipinski definition) is 2. The van der Waals surface area contributed by atoms with E-state index in [4.69, 9.17) is 10.8 Å². The molecule has 1 heterocycles. The lowest BCUT2D eigenvalue weighted by molar-refractivity contribution is -0.137. The van der Waals surface area contributed by atoms with Crippen molar-refractivity contribution in [2.75, 3.05) is 31.6 Å². The number of fused-ring (bicyclic) bond motifs is 1. The highest BCUT2D eigenvalue weighted by molar-refractivity contribution is 6.09. The van der Waals surface area contributed by atoms with Crippen LogP contribution >= 0.6 is 0 Å². The first kappa shape index (κ1) is 18.9. The van der Waals surface area contributed by atoms with E-state index in [2.05, 4.69) is 0 Å². The Labute approximate surface area is 147 Å². The molecule has 1 aromatic rings. The third-order valence-corrected chi connectivity index (χ3v) is 4.41. The third kappa shape index (κ3) is 4.79. The maximum absolute atomic E-state index is 12.8. The van der Waals surface area contributed by atoms with Crippen LogP contribution in [-0.4, -0.2) is 54.5 Å². The molecule has 0 bridgehead atoms.